The van der Waals surface area contributed by atoms with Crippen molar-refractivity contribution in [1.29, 1.82) is 0 Å². The third-order valence-electron chi connectivity index (χ3n) is 6.91. The van der Waals surface area contributed by atoms with Crippen LogP contribution >= 0.6 is 11.6 Å². The number of hydrogen-bond acceptors (Lipinski definition) is 6. The van der Waals surface area contributed by atoms with E-state index in [1.54, 1.807) is 62.5 Å². The molecule has 2 atom stereocenters. The number of nitrogens with zero attached hydrogens (tertiary/aromatic N) is 3. The van der Waals surface area contributed by atoms with Crippen molar-refractivity contribution >= 4 is 33.6 Å². The number of hydrogen-bond donors (Lipinski definition) is 1. The van der Waals surface area contributed by atoms with Gasteiger partial charge >= 0.3 is 12.0 Å². The lowest BCUT2D eigenvalue weighted by Gasteiger charge is -2.41. The molecule has 1 saturated heterocycles. The van der Waals surface area contributed by atoms with Gasteiger partial charge in [-0.2, -0.15) is 4.31 Å². The third-order valence-corrected chi connectivity index (χ3v) is 9.17. The normalized spacial score (nSPS) is 21.4. The minimum atomic E-state index is -3.65. The van der Waals surface area contributed by atoms with E-state index in [1.165, 1.54) is 9.21 Å². The number of benzene rings is 2. The van der Waals surface area contributed by atoms with Crippen LogP contribution in [0.15, 0.2) is 64.7 Å². The molecule has 2 aromatic carbocycles. The quantitative estimate of drug-likeness (QED) is 0.520. The van der Waals surface area contributed by atoms with Gasteiger partial charge in [0, 0.05) is 50.0 Å². The zero-order valence-electron chi connectivity index (χ0n) is 22.0. The topological polar surface area (TPSA) is 99.3 Å². The number of carbonyl (C=O) groups is 2. The second-order valence-corrected chi connectivity index (χ2v) is 11.9. The second kappa shape index (κ2) is 11.4. The Bertz CT molecular complexity index is 1350. The van der Waals surface area contributed by atoms with Crippen molar-refractivity contribution in [1.82, 2.24) is 19.4 Å². The van der Waals surface area contributed by atoms with Crippen LogP contribution in [0.3, 0.4) is 0 Å². The molecule has 2 heterocycles. The second-order valence-electron chi connectivity index (χ2n) is 9.59. The van der Waals surface area contributed by atoms with E-state index in [2.05, 4.69) is 10.2 Å². The van der Waals surface area contributed by atoms with Gasteiger partial charge in [-0.05, 0) is 50.6 Å². The van der Waals surface area contributed by atoms with E-state index in [-0.39, 0.29) is 36.7 Å². The highest BCUT2D eigenvalue weighted by Gasteiger charge is 2.39. The number of esters is 1. The average molecular weight is 561 g/mol. The number of carbonyl (C=O) groups excluding carboxylic acids is 2. The first kappa shape index (κ1) is 28.1. The molecule has 9 nitrogen and oxygen atoms in total. The molecular formula is C27H33ClN4O5S. The smallest absolute Gasteiger partial charge is 0.338 e. The van der Waals surface area contributed by atoms with Crippen LogP contribution in [0.4, 0.5) is 4.79 Å². The molecule has 2 aromatic rings. The van der Waals surface area contributed by atoms with Gasteiger partial charge in [0.05, 0.1) is 23.1 Å². The van der Waals surface area contributed by atoms with E-state index in [0.29, 0.717) is 34.9 Å². The van der Waals surface area contributed by atoms with Gasteiger partial charge in [-0.25, -0.2) is 18.0 Å². The molecule has 0 bridgehead atoms. The lowest BCUT2D eigenvalue weighted by Crippen LogP contribution is -2.56. The minimum absolute atomic E-state index is 0.183. The zero-order valence-corrected chi connectivity index (χ0v) is 23.6. The lowest BCUT2D eigenvalue weighted by molar-refractivity contribution is -0.139. The first-order chi connectivity index (χ1) is 18.0. The highest BCUT2D eigenvalue weighted by atomic mass is 35.5. The zero-order chi connectivity index (χ0) is 27.6. The van der Waals surface area contributed by atoms with Crippen molar-refractivity contribution < 1.29 is 22.7 Å². The van der Waals surface area contributed by atoms with Crippen LogP contribution in [0.1, 0.15) is 31.0 Å². The van der Waals surface area contributed by atoms with Gasteiger partial charge in [-0.15, -0.1) is 0 Å². The molecular weight excluding hydrogens is 528 g/mol. The fourth-order valence-corrected chi connectivity index (χ4v) is 6.72. The third kappa shape index (κ3) is 5.73. The fraction of sp³-hybridized carbons (Fsp3) is 0.407. The molecule has 204 valence electrons. The van der Waals surface area contributed by atoms with Crippen molar-refractivity contribution in [2.75, 3.05) is 39.8 Å². The number of amides is 2. The summed E-state index contributed by atoms with van der Waals surface area (Å²) < 4.78 is 33.5. The number of halogens is 1. The van der Waals surface area contributed by atoms with Gasteiger partial charge in [-0.3, -0.25) is 9.80 Å². The predicted molar refractivity (Wildman–Crippen MR) is 145 cm³/mol. The standard InChI is InChI=1S/C27H33ClN4O5S/c1-5-37-26(33)24-23(30(4)27(34)29-25(24)20-7-6-8-21(28)15-20)17-31-13-14-32(19(3)16-31)38(35,36)22-11-9-18(2)10-12-22/h6-12,15,19,25H,5,13-14,16-17H2,1-4H3,(H,29,34)/t19-,25+/m1/s1. The Balaban J connectivity index is 1.62. The number of rotatable bonds is 7. The van der Waals surface area contributed by atoms with E-state index in [9.17, 15) is 18.0 Å². The van der Waals surface area contributed by atoms with Crippen molar-refractivity contribution in [3.8, 4) is 0 Å². The number of aryl methyl sites for hydroxylation is 1. The Morgan fingerprint density at radius 3 is 2.50 bits per heavy atom. The van der Waals surface area contributed by atoms with Crippen molar-refractivity contribution in [3.05, 3.63) is 76.0 Å². The first-order valence-corrected chi connectivity index (χ1v) is 14.4. The summed E-state index contributed by atoms with van der Waals surface area (Å²) in [6.45, 7) is 7.12. The number of ether oxygens (including phenoxy) is 1. The van der Waals surface area contributed by atoms with Crippen LogP contribution in [0.5, 0.6) is 0 Å². The Kier molecular flexibility index (Phi) is 8.46. The summed E-state index contributed by atoms with van der Waals surface area (Å²) in [7, 11) is -2.04. The van der Waals surface area contributed by atoms with E-state index in [1.807, 2.05) is 13.8 Å². The predicted octanol–water partition coefficient (Wildman–Crippen LogP) is 3.56. The molecule has 1 N–H and O–H groups in total. The van der Waals surface area contributed by atoms with Crippen LogP contribution < -0.4 is 5.32 Å². The fourth-order valence-electron chi connectivity index (χ4n) is 4.91. The van der Waals surface area contributed by atoms with Gasteiger partial charge < -0.3 is 10.1 Å². The molecule has 0 saturated carbocycles. The minimum Gasteiger partial charge on any atom is -0.463 e. The summed E-state index contributed by atoms with van der Waals surface area (Å²) in [5.41, 5.74) is 2.50. The molecule has 0 unspecified atom stereocenters. The van der Waals surface area contributed by atoms with Gasteiger partial charge in [0.2, 0.25) is 10.0 Å². The molecule has 11 heteroatoms. The molecule has 0 aromatic heterocycles. The maximum atomic E-state index is 13.3. The highest BCUT2D eigenvalue weighted by Crippen LogP contribution is 2.33. The molecule has 2 aliphatic rings. The summed E-state index contributed by atoms with van der Waals surface area (Å²) in [4.78, 5) is 29.9. The summed E-state index contributed by atoms with van der Waals surface area (Å²) in [5.74, 6) is -0.520. The van der Waals surface area contributed by atoms with Crippen molar-refractivity contribution in [3.63, 3.8) is 0 Å². The van der Waals surface area contributed by atoms with Gasteiger partial charge in [0.1, 0.15) is 0 Å². The van der Waals surface area contributed by atoms with Gasteiger partial charge in [-0.1, -0.05) is 41.4 Å². The molecule has 2 amide bonds. The van der Waals surface area contributed by atoms with Crippen LogP contribution in [0, 0.1) is 6.92 Å². The maximum absolute atomic E-state index is 13.3. The SMILES string of the molecule is CCOC(=O)C1=C(CN2CCN(S(=O)(=O)c3ccc(C)cc3)[C@H](C)C2)N(C)C(=O)N[C@H]1c1cccc(Cl)c1. The molecule has 38 heavy (non-hydrogen) atoms. The summed E-state index contributed by atoms with van der Waals surface area (Å²) >= 11 is 6.21. The largest absolute Gasteiger partial charge is 0.463 e. The molecule has 2 aliphatic heterocycles. The van der Waals surface area contributed by atoms with E-state index >= 15 is 0 Å². The number of nitrogens with one attached hydrogen (secondary N) is 1. The molecule has 0 aliphatic carbocycles. The van der Waals surface area contributed by atoms with Gasteiger partial charge in [0.25, 0.3) is 0 Å². The van der Waals surface area contributed by atoms with E-state index in [0.717, 1.165) is 5.56 Å². The summed E-state index contributed by atoms with van der Waals surface area (Å²) in [5, 5.41) is 3.37. The number of likely N-dealkylation sites (N-methyl/N-ethyl adjacent to an activating group) is 1. The van der Waals surface area contributed by atoms with E-state index in [4.69, 9.17) is 16.3 Å². The molecule has 1 fully saturated rings. The maximum Gasteiger partial charge on any atom is 0.338 e. The van der Waals surface area contributed by atoms with E-state index < -0.39 is 22.0 Å². The number of sulfonamides is 1. The molecule has 0 spiro atoms. The number of piperazine rings is 1. The molecule has 4 rings (SSSR count). The first-order valence-electron chi connectivity index (χ1n) is 12.5. The monoisotopic (exact) mass is 560 g/mol. The Hall–Kier alpha value is -2.92. The highest BCUT2D eigenvalue weighted by molar-refractivity contribution is 7.89. The Morgan fingerprint density at radius 1 is 1.16 bits per heavy atom. The van der Waals surface area contributed by atoms with Crippen LogP contribution in [-0.4, -0.2) is 80.4 Å². The average Bonchev–Trinajstić information content (AvgIpc) is 2.87. The summed E-state index contributed by atoms with van der Waals surface area (Å²) in [6.07, 6.45) is 0. The lowest BCUT2D eigenvalue weighted by atomic mass is 9.94. The summed E-state index contributed by atoms with van der Waals surface area (Å²) in [6, 6.07) is 12.4. The van der Waals surface area contributed by atoms with Crippen molar-refractivity contribution in [2.45, 2.75) is 37.8 Å². The number of urea groups is 1. The van der Waals surface area contributed by atoms with Crippen LogP contribution in [-0.2, 0) is 19.6 Å². The molecule has 0 radical (unpaired) electrons. The Labute approximate surface area is 229 Å². The van der Waals surface area contributed by atoms with Gasteiger partial charge in [0.15, 0.2) is 0 Å². The van der Waals surface area contributed by atoms with Crippen molar-refractivity contribution in [2.24, 2.45) is 0 Å². The van der Waals surface area contributed by atoms with Crippen LogP contribution in [0.25, 0.3) is 0 Å². The van der Waals surface area contributed by atoms with Crippen LogP contribution in [0.2, 0.25) is 5.02 Å². The Morgan fingerprint density at radius 2 is 1.87 bits per heavy atom.